The average molecular weight is 264 g/mol. The molecule has 0 radical (unpaired) electrons. The third-order valence-corrected chi connectivity index (χ3v) is 2.47. The van der Waals surface area contributed by atoms with Gasteiger partial charge in [0.15, 0.2) is 0 Å². The molecule has 19 heavy (non-hydrogen) atoms. The van der Waals surface area contributed by atoms with Gasteiger partial charge in [0, 0.05) is 0 Å². The molecule has 0 bridgehead atoms. The zero-order valence-corrected chi connectivity index (χ0v) is 9.83. The van der Waals surface area contributed by atoms with Crippen LogP contribution >= 0.6 is 0 Å². The summed E-state index contributed by atoms with van der Waals surface area (Å²) in [6.45, 7) is -0.256. The lowest BCUT2D eigenvalue weighted by Gasteiger charge is -2.17. The minimum absolute atomic E-state index is 0.256. The first-order chi connectivity index (χ1) is 9.00. The van der Waals surface area contributed by atoms with Crippen LogP contribution in [-0.2, 0) is 4.84 Å². The van der Waals surface area contributed by atoms with Crippen molar-refractivity contribution < 1.29 is 19.2 Å². The maximum absolute atomic E-state index is 11.9. The maximum Gasteiger partial charge on any atom is 0.313 e. The van der Waals surface area contributed by atoms with Crippen LogP contribution in [0.2, 0.25) is 0 Å². The highest BCUT2D eigenvalue weighted by atomic mass is 16.7. The minimum Gasteiger partial charge on any atom is -0.352 e. The number of fused-ring (bicyclic) bond motifs is 1. The van der Waals surface area contributed by atoms with Gasteiger partial charge in [0.25, 0.3) is 11.8 Å². The quantitative estimate of drug-likeness (QED) is 0.483. The molecule has 5 N–H and O–H groups in total. The van der Waals surface area contributed by atoms with E-state index in [-0.39, 0.29) is 17.7 Å². The largest absolute Gasteiger partial charge is 0.352 e. The van der Waals surface area contributed by atoms with E-state index < -0.39 is 24.0 Å². The number of nitrogens with one attached hydrogen (secondary N) is 1. The number of hydrogen-bond donors (Lipinski definition) is 3. The topological polar surface area (TPSA) is 128 Å². The second kappa shape index (κ2) is 5.04. The molecule has 1 heterocycles. The fourth-order valence-electron chi connectivity index (χ4n) is 1.66. The van der Waals surface area contributed by atoms with E-state index in [1.54, 1.807) is 12.1 Å². The van der Waals surface area contributed by atoms with Crippen LogP contribution in [-0.4, -0.2) is 35.7 Å². The fraction of sp³-hybridized carbons (Fsp3) is 0.182. The molecule has 2 rings (SSSR count). The molecule has 8 heteroatoms. The summed E-state index contributed by atoms with van der Waals surface area (Å²) in [5, 5.41) is 2.78. The predicted molar refractivity (Wildman–Crippen MR) is 63.6 cm³/mol. The summed E-state index contributed by atoms with van der Waals surface area (Å²) in [6, 6.07) is 5.53. The molecule has 0 spiro atoms. The van der Waals surface area contributed by atoms with Crippen LogP contribution in [0.25, 0.3) is 0 Å². The summed E-state index contributed by atoms with van der Waals surface area (Å²) in [7, 11) is 0. The monoisotopic (exact) mass is 264 g/mol. The van der Waals surface area contributed by atoms with Crippen LogP contribution in [0.15, 0.2) is 24.3 Å². The Balaban J connectivity index is 2.02. The zero-order chi connectivity index (χ0) is 14.0. The van der Waals surface area contributed by atoms with E-state index >= 15 is 0 Å². The van der Waals surface area contributed by atoms with E-state index in [2.05, 4.69) is 5.32 Å². The first kappa shape index (κ1) is 13.0. The van der Waals surface area contributed by atoms with Crippen molar-refractivity contribution in [3.05, 3.63) is 35.4 Å². The van der Waals surface area contributed by atoms with Crippen molar-refractivity contribution in [2.24, 2.45) is 11.5 Å². The number of benzene rings is 1. The molecular formula is C11H12N4O4. The zero-order valence-electron chi connectivity index (χ0n) is 9.83. The number of primary amides is 1. The fourth-order valence-corrected chi connectivity index (χ4v) is 1.66. The van der Waals surface area contributed by atoms with E-state index in [0.29, 0.717) is 5.06 Å². The number of amides is 4. The molecule has 0 saturated carbocycles. The number of imide groups is 1. The first-order valence-electron chi connectivity index (χ1n) is 5.43. The van der Waals surface area contributed by atoms with Crippen molar-refractivity contribution in [2.45, 2.75) is 6.17 Å². The molecule has 0 aliphatic carbocycles. The summed E-state index contributed by atoms with van der Waals surface area (Å²) in [5.41, 5.74) is 10.9. The Morgan fingerprint density at radius 3 is 2.26 bits per heavy atom. The molecule has 0 saturated heterocycles. The van der Waals surface area contributed by atoms with Gasteiger partial charge in [-0.05, 0) is 12.1 Å². The summed E-state index contributed by atoms with van der Waals surface area (Å²) in [6.07, 6.45) is -0.915. The summed E-state index contributed by atoms with van der Waals surface area (Å²) in [5.74, 6) is -1.13. The molecule has 1 aromatic rings. The lowest BCUT2D eigenvalue weighted by Crippen LogP contribution is -2.48. The smallest absolute Gasteiger partial charge is 0.313 e. The van der Waals surface area contributed by atoms with Crippen LogP contribution in [0.3, 0.4) is 0 Å². The van der Waals surface area contributed by atoms with E-state index in [4.69, 9.17) is 16.3 Å². The van der Waals surface area contributed by atoms with Crippen LogP contribution in [0.1, 0.15) is 20.7 Å². The highest BCUT2D eigenvalue weighted by molar-refractivity contribution is 6.20. The molecular weight excluding hydrogens is 252 g/mol. The normalized spacial score (nSPS) is 15.3. The van der Waals surface area contributed by atoms with E-state index in [9.17, 15) is 14.4 Å². The predicted octanol–water partition coefficient (Wildman–Crippen LogP) is -0.833. The molecule has 0 aromatic heterocycles. The van der Waals surface area contributed by atoms with Gasteiger partial charge in [-0.2, -0.15) is 0 Å². The summed E-state index contributed by atoms with van der Waals surface area (Å²) >= 11 is 0. The van der Waals surface area contributed by atoms with Crippen molar-refractivity contribution in [3.63, 3.8) is 0 Å². The molecule has 4 amide bonds. The van der Waals surface area contributed by atoms with Crippen molar-refractivity contribution in [1.82, 2.24) is 10.4 Å². The average Bonchev–Trinajstić information content (AvgIpc) is 2.60. The van der Waals surface area contributed by atoms with Gasteiger partial charge in [0.05, 0.1) is 11.1 Å². The van der Waals surface area contributed by atoms with Gasteiger partial charge in [0.2, 0.25) is 0 Å². The van der Waals surface area contributed by atoms with Crippen LogP contribution in [0.4, 0.5) is 4.79 Å². The maximum atomic E-state index is 11.9. The van der Waals surface area contributed by atoms with E-state index in [1.807, 2.05) is 0 Å². The second-order valence-corrected chi connectivity index (χ2v) is 3.86. The molecule has 1 unspecified atom stereocenters. The molecule has 1 aliphatic rings. The van der Waals surface area contributed by atoms with Gasteiger partial charge in [-0.15, -0.1) is 5.06 Å². The van der Waals surface area contributed by atoms with Crippen molar-refractivity contribution >= 4 is 17.8 Å². The summed E-state index contributed by atoms with van der Waals surface area (Å²) in [4.78, 5) is 39.3. The Morgan fingerprint density at radius 2 is 1.79 bits per heavy atom. The Bertz CT molecular complexity index is 510. The third kappa shape index (κ3) is 2.54. The van der Waals surface area contributed by atoms with Crippen molar-refractivity contribution in [3.8, 4) is 0 Å². The number of carbonyl (C=O) groups is 3. The van der Waals surface area contributed by atoms with Gasteiger partial charge in [-0.1, -0.05) is 12.1 Å². The molecule has 0 fully saturated rings. The highest BCUT2D eigenvalue weighted by Gasteiger charge is 2.36. The minimum atomic E-state index is -0.915. The molecule has 1 atom stereocenters. The number of urea groups is 1. The lowest BCUT2D eigenvalue weighted by molar-refractivity contribution is -0.0963. The number of nitrogens with zero attached hydrogens (tertiary/aromatic N) is 1. The number of rotatable bonds is 4. The van der Waals surface area contributed by atoms with E-state index in [0.717, 1.165) is 0 Å². The Hall–Kier alpha value is -2.45. The Morgan fingerprint density at radius 1 is 1.26 bits per heavy atom. The standard InChI is InChI=1S/C11H12N4O4/c12-8(14-11(13)18)5-19-15-9(16)6-3-1-2-4-7(6)10(15)17/h1-4,8H,5,12H2,(H3,13,14,18). The lowest BCUT2D eigenvalue weighted by atomic mass is 10.1. The van der Waals surface area contributed by atoms with E-state index in [1.165, 1.54) is 12.1 Å². The van der Waals surface area contributed by atoms with Crippen molar-refractivity contribution in [1.29, 1.82) is 0 Å². The summed E-state index contributed by atoms with van der Waals surface area (Å²) < 4.78 is 0. The van der Waals surface area contributed by atoms with Gasteiger partial charge in [-0.25, -0.2) is 4.79 Å². The number of nitrogens with two attached hydrogens (primary N) is 2. The SMILES string of the molecule is NC(=O)NC(N)CON1C(=O)c2ccccc2C1=O. The van der Waals surface area contributed by atoms with Gasteiger partial charge in [-0.3, -0.25) is 14.4 Å². The van der Waals surface area contributed by atoms with Crippen LogP contribution in [0.5, 0.6) is 0 Å². The number of hydroxylamine groups is 2. The third-order valence-electron chi connectivity index (χ3n) is 2.47. The Labute approximate surface area is 108 Å². The van der Waals surface area contributed by atoms with Gasteiger partial charge < -0.3 is 16.8 Å². The molecule has 100 valence electrons. The molecule has 1 aliphatic heterocycles. The van der Waals surface area contributed by atoms with Crippen LogP contribution < -0.4 is 16.8 Å². The van der Waals surface area contributed by atoms with Gasteiger partial charge in [0.1, 0.15) is 12.8 Å². The molecule has 8 nitrogen and oxygen atoms in total. The van der Waals surface area contributed by atoms with Crippen LogP contribution in [0, 0.1) is 0 Å². The highest BCUT2D eigenvalue weighted by Crippen LogP contribution is 2.22. The second-order valence-electron chi connectivity index (χ2n) is 3.86. The van der Waals surface area contributed by atoms with Crippen molar-refractivity contribution in [2.75, 3.05) is 6.61 Å². The molecule has 1 aromatic carbocycles. The Kier molecular flexibility index (Phi) is 3.45. The number of hydrogen-bond acceptors (Lipinski definition) is 5. The van der Waals surface area contributed by atoms with Gasteiger partial charge >= 0.3 is 6.03 Å². The number of carbonyl (C=O) groups excluding carboxylic acids is 3. The first-order valence-corrected chi connectivity index (χ1v) is 5.43.